The van der Waals surface area contributed by atoms with E-state index in [1.807, 2.05) is 6.08 Å². The van der Waals surface area contributed by atoms with Crippen molar-refractivity contribution in [2.75, 3.05) is 0 Å². The van der Waals surface area contributed by atoms with Crippen LogP contribution in [0.4, 0.5) is 0 Å². The van der Waals surface area contributed by atoms with E-state index in [9.17, 15) is 4.79 Å². The summed E-state index contributed by atoms with van der Waals surface area (Å²) < 4.78 is 6.31. The fourth-order valence-corrected chi connectivity index (χ4v) is 4.09. The number of rotatable bonds is 20. The summed E-state index contributed by atoms with van der Waals surface area (Å²) in [5.41, 5.74) is -0.233. The van der Waals surface area contributed by atoms with E-state index in [1.54, 1.807) is 0 Å². The lowest BCUT2D eigenvalue weighted by molar-refractivity contribution is -0.169. The standard InChI is InChI=1S/C26H50O2/c1-6-10-14-15-16-17-18-19-21-25(27)28-26(22-12-8-3,23-13-9-4)24(5)20-11-7-2/h6,24H,1,7-23H2,2-5H3. The number of hydrogen-bond donors (Lipinski definition) is 0. The van der Waals surface area contributed by atoms with Crippen LogP contribution in [0.25, 0.3) is 0 Å². The Morgan fingerprint density at radius 1 is 0.857 bits per heavy atom. The van der Waals surface area contributed by atoms with Gasteiger partial charge in [0.2, 0.25) is 0 Å². The van der Waals surface area contributed by atoms with E-state index >= 15 is 0 Å². The molecule has 0 fully saturated rings. The molecule has 1 atom stereocenters. The van der Waals surface area contributed by atoms with E-state index in [-0.39, 0.29) is 11.6 Å². The quantitative estimate of drug-likeness (QED) is 0.117. The van der Waals surface area contributed by atoms with Crippen molar-refractivity contribution in [1.29, 1.82) is 0 Å². The molecule has 0 amide bonds. The van der Waals surface area contributed by atoms with Crippen LogP contribution in [0.5, 0.6) is 0 Å². The highest BCUT2D eigenvalue weighted by molar-refractivity contribution is 5.69. The minimum Gasteiger partial charge on any atom is -0.459 e. The van der Waals surface area contributed by atoms with Crippen molar-refractivity contribution in [2.45, 2.75) is 142 Å². The number of esters is 1. The minimum absolute atomic E-state index is 0.0437. The van der Waals surface area contributed by atoms with Crippen LogP contribution in [0.3, 0.4) is 0 Å². The van der Waals surface area contributed by atoms with E-state index < -0.39 is 0 Å². The first-order valence-corrected chi connectivity index (χ1v) is 12.4. The molecule has 0 rings (SSSR count). The second-order valence-corrected chi connectivity index (χ2v) is 8.74. The fraction of sp³-hybridized carbons (Fsp3) is 0.885. The normalized spacial score (nSPS) is 12.7. The minimum atomic E-state index is -0.233. The summed E-state index contributed by atoms with van der Waals surface area (Å²) in [7, 11) is 0. The lowest BCUT2D eigenvalue weighted by atomic mass is 9.77. The van der Waals surface area contributed by atoms with Gasteiger partial charge in [0, 0.05) is 6.42 Å². The van der Waals surface area contributed by atoms with Crippen LogP contribution in [0, 0.1) is 5.92 Å². The average molecular weight is 395 g/mol. The molecule has 1 unspecified atom stereocenters. The SMILES string of the molecule is C=CCCCCCCCCC(=O)OC(CCCC)(CCCC)C(C)CCCC. The van der Waals surface area contributed by atoms with Gasteiger partial charge in [-0.2, -0.15) is 0 Å². The number of hydrogen-bond acceptors (Lipinski definition) is 2. The summed E-state index contributed by atoms with van der Waals surface area (Å²) in [5.74, 6) is 0.501. The lowest BCUT2D eigenvalue weighted by Crippen LogP contribution is -2.42. The zero-order valence-electron chi connectivity index (χ0n) is 19.7. The number of allylic oxidation sites excluding steroid dienone is 1. The summed E-state index contributed by atoms with van der Waals surface area (Å²) in [6, 6.07) is 0. The number of unbranched alkanes of at least 4 members (excludes halogenated alkanes) is 9. The molecule has 0 aliphatic carbocycles. The third-order valence-electron chi connectivity index (χ3n) is 6.15. The van der Waals surface area contributed by atoms with Crippen molar-refractivity contribution < 1.29 is 9.53 Å². The van der Waals surface area contributed by atoms with Crippen LogP contribution in [-0.4, -0.2) is 11.6 Å². The molecule has 0 spiro atoms. The summed E-state index contributed by atoms with van der Waals surface area (Å²) in [5, 5.41) is 0. The number of carbonyl (C=O) groups is 1. The molecule has 0 bridgehead atoms. The molecule has 0 aromatic carbocycles. The maximum atomic E-state index is 12.7. The molecular formula is C26H50O2. The Kier molecular flexibility index (Phi) is 17.7. The number of carbonyl (C=O) groups excluding carboxylic acids is 1. The highest BCUT2D eigenvalue weighted by Gasteiger charge is 2.38. The van der Waals surface area contributed by atoms with Gasteiger partial charge in [-0.05, 0) is 57.3 Å². The Labute approximate surface area is 176 Å². The molecule has 0 aliphatic rings. The van der Waals surface area contributed by atoms with Gasteiger partial charge in [-0.15, -0.1) is 6.58 Å². The highest BCUT2D eigenvalue weighted by atomic mass is 16.6. The third kappa shape index (κ3) is 12.6. The van der Waals surface area contributed by atoms with E-state index in [2.05, 4.69) is 34.3 Å². The second kappa shape index (κ2) is 18.3. The fourth-order valence-electron chi connectivity index (χ4n) is 4.09. The monoisotopic (exact) mass is 394 g/mol. The zero-order valence-corrected chi connectivity index (χ0v) is 19.7. The predicted molar refractivity (Wildman–Crippen MR) is 124 cm³/mol. The van der Waals surface area contributed by atoms with Gasteiger partial charge in [0.05, 0.1) is 0 Å². The van der Waals surface area contributed by atoms with E-state index in [4.69, 9.17) is 4.74 Å². The zero-order chi connectivity index (χ0) is 21.1. The topological polar surface area (TPSA) is 26.3 Å². The molecular weight excluding hydrogens is 344 g/mol. The smallest absolute Gasteiger partial charge is 0.306 e. The first kappa shape index (κ1) is 27.2. The van der Waals surface area contributed by atoms with Crippen molar-refractivity contribution in [1.82, 2.24) is 0 Å². The van der Waals surface area contributed by atoms with Crippen LogP contribution < -0.4 is 0 Å². The highest BCUT2D eigenvalue weighted by Crippen LogP contribution is 2.37. The van der Waals surface area contributed by atoms with Gasteiger partial charge in [-0.3, -0.25) is 4.79 Å². The van der Waals surface area contributed by atoms with Gasteiger partial charge in [0.15, 0.2) is 0 Å². The van der Waals surface area contributed by atoms with Gasteiger partial charge >= 0.3 is 5.97 Å². The molecule has 0 heterocycles. The van der Waals surface area contributed by atoms with Crippen LogP contribution >= 0.6 is 0 Å². The molecule has 0 saturated carbocycles. The van der Waals surface area contributed by atoms with Gasteiger partial charge in [-0.25, -0.2) is 0 Å². The summed E-state index contributed by atoms with van der Waals surface area (Å²) in [4.78, 5) is 12.7. The van der Waals surface area contributed by atoms with Crippen LogP contribution in [0.1, 0.15) is 137 Å². The Balaban J connectivity index is 4.58. The number of ether oxygens (including phenoxy) is 1. The predicted octanol–water partition coefficient (Wildman–Crippen LogP) is 8.78. The first-order chi connectivity index (χ1) is 13.6. The maximum Gasteiger partial charge on any atom is 0.306 e. The summed E-state index contributed by atoms with van der Waals surface area (Å²) in [6.45, 7) is 12.8. The summed E-state index contributed by atoms with van der Waals surface area (Å²) in [6.07, 6.45) is 21.2. The van der Waals surface area contributed by atoms with Crippen molar-refractivity contribution >= 4 is 5.97 Å². The third-order valence-corrected chi connectivity index (χ3v) is 6.15. The Morgan fingerprint density at radius 3 is 1.93 bits per heavy atom. The van der Waals surface area contributed by atoms with E-state index in [0.29, 0.717) is 12.3 Å². The largest absolute Gasteiger partial charge is 0.459 e. The van der Waals surface area contributed by atoms with Gasteiger partial charge in [0.25, 0.3) is 0 Å². The molecule has 0 saturated heterocycles. The molecule has 0 aromatic rings. The average Bonchev–Trinajstić information content (AvgIpc) is 2.70. The Bertz CT molecular complexity index is 367. The van der Waals surface area contributed by atoms with Gasteiger partial charge < -0.3 is 4.74 Å². The van der Waals surface area contributed by atoms with Gasteiger partial charge in [-0.1, -0.05) is 85.1 Å². The van der Waals surface area contributed by atoms with Crippen molar-refractivity contribution in [3.8, 4) is 0 Å². The molecule has 166 valence electrons. The second-order valence-electron chi connectivity index (χ2n) is 8.74. The maximum absolute atomic E-state index is 12.7. The first-order valence-electron chi connectivity index (χ1n) is 12.4. The van der Waals surface area contributed by atoms with Crippen LogP contribution in [0.2, 0.25) is 0 Å². The molecule has 0 aliphatic heterocycles. The lowest BCUT2D eigenvalue weighted by Gasteiger charge is -2.39. The Hall–Kier alpha value is -0.790. The Morgan fingerprint density at radius 2 is 1.39 bits per heavy atom. The van der Waals surface area contributed by atoms with Gasteiger partial charge in [0.1, 0.15) is 5.60 Å². The van der Waals surface area contributed by atoms with Crippen molar-refractivity contribution in [3.63, 3.8) is 0 Å². The van der Waals surface area contributed by atoms with Crippen molar-refractivity contribution in [2.24, 2.45) is 5.92 Å². The molecule has 28 heavy (non-hydrogen) atoms. The molecule has 0 radical (unpaired) electrons. The molecule has 2 nitrogen and oxygen atoms in total. The van der Waals surface area contributed by atoms with Crippen molar-refractivity contribution in [3.05, 3.63) is 12.7 Å². The molecule has 0 aromatic heterocycles. The molecule has 0 N–H and O–H groups in total. The van der Waals surface area contributed by atoms with Crippen LogP contribution in [0.15, 0.2) is 12.7 Å². The van der Waals surface area contributed by atoms with Crippen LogP contribution in [-0.2, 0) is 9.53 Å². The van der Waals surface area contributed by atoms with E-state index in [0.717, 1.165) is 57.8 Å². The summed E-state index contributed by atoms with van der Waals surface area (Å²) >= 11 is 0. The molecule has 2 heteroatoms. The van der Waals surface area contributed by atoms with E-state index in [1.165, 1.54) is 44.9 Å².